The van der Waals surface area contributed by atoms with Gasteiger partial charge in [0.1, 0.15) is 0 Å². The van der Waals surface area contributed by atoms with E-state index in [0.29, 0.717) is 0 Å². The van der Waals surface area contributed by atoms with E-state index in [-0.39, 0.29) is 19.5 Å². The fraction of sp³-hybridized carbons (Fsp3) is 0. The molecule has 0 bridgehead atoms. The topological polar surface area (TPSA) is 89.5 Å². The van der Waals surface area contributed by atoms with E-state index in [4.69, 9.17) is 19.8 Å². The summed E-state index contributed by atoms with van der Waals surface area (Å²) in [6.07, 6.45) is -4.25. The van der Waals surface area contributed by atoms with Crippen molar-refractivity contribution in [2.75, 3.05) is 0 Å². The molecule has 0 fully saturated rings. The van der Waals surface area contributed by atoms with Gasteiger partial charge in [0.15, 0.2) is 0 Å². The quantitative estimate of drug-likeness (QED) is 0.231. The summed E-state index contributed by atoms with van der Waals surface area (Å²) in [4.78, 5) is 18.1. The third-order valence-electron chi connectivity index (χ3n) is 0.167. The summed E-state index contributed by atoms with van der Waals surface area (Å²) in [6.45, 7) is 0. The molecule has 0 aliphatic heterocycles. The van der Waals surface area contributed by atoms with Crippen molar-refractivity contribution in [2.45, 2.75) is 0 Å². The Kier molecular flexibility index (Phi) is 5.86. The van der Waals surface area contributed by atoms with Gasteiger partial charge in [0, 0.05) is 0 Å². The molecule has 0 aromatic carbocycles. The van der Waals surface area contributed by atoms with Crippen LogP contribution in [0.2, 0.25) is 0 Å². The van der Waals surface area contributed by atoms with Gasteiger partial charge in [-0.1, -0.05) is 0 Å². The molecule has 0 aromatic heterocycles. The number of carbonyl (C=O) groups excluding carboxylic acids is 2. The Morgan fingerprint density at radius 3 is 1.38 bits per heavy atom. The number of carboxylic acid groups (broad SMARTS) is 2. The van der Waals surface area contributed by atoms with Crippen molar-refractivity contribution >= 4 is 12.3 Å². The predicted octanol–water partition coefficient (Wildman–Crippen LogP) is -2.31. The van der Waals surface area contributed by atoms with Crippen molar-refractivity contribution in [3.63, 3.8) is 0 Å². The molecule has 0 rings (SSSR count). The molecule has 0 aliphatic carbocycles. The fourth-order valence-corrected chi connectivity index (χ4v) is 0.0680. The predicted molar refractivity (Wildman–Crippen MR) is 11.9 cm³/mol. The molecule has 0 N–H and O–H groups in total. The first kappa shape index (κ1) is 10.4. The SMILES string of the molecule is O=C([O-])OC(=O)[O-].[Zn+2]. The zero-order valence-corrected chi connectivity index (χ0v) is 6.72. The monoisotopic (exact) mass is 168 g/mol. The van der Waals surface area contributed by atoms with Gasteiger partial charge < -0.3 is 24.5 Å². The number of ether oxygens (including phenoxy) is 1. The molecule has 40 valence electrons. The third-order valence-corrected chi connectivity index (χ3v) is 0.167. The average Bonchev–Trinajstić information content (AvgIpc) is 1.27. The van der Waals surface area contributed by atoms with Crippen LogP contribution in [0.3, 0.4) is 0 Å². The summed E-state index contributed by atoms with van der Waals surface area (Å²) in [5.41, 5.74) is 0. The van der Waals surface area contributed by atoms with Gasteiger partial charge in [-0.2, -0.15) is 0 Å². The second-order valence-electron chi connectivity index (χ2n) is 0.602. The Morgan fingerprint density at radius 1 is 1.12 bits per heavy atom. The molecule has 0 atom stereocenters. The molecule has 5 nitrogen and oxygen atoms in total. The van der Waals surface area contributed by atoms with Crippen molar-refractivity contribution in [3.05, 3.63) is 0 Å². The second-order valence-corrected chi connectivity index (χ2v) is 0.602. The van der Waals surface area contributed by atoms with Crippen LogP contribution in [0.4, 0.5) is 9.59 Å². The standard InChI is InChI=1S/C2H2O5.Zn/c3-1(4)7-2(5)6;/h(H,3,4)(H,5,6);/q;+2/p-2. The van der Waals surface area contributed by atoms with Crippen molar-refractivity contribution in [3.8, 4) is 0 Å². The van der Waals surface area contributed by atoms with Crippen LogP contribution in [-0.2, 0) is 24.2 Å². The normalized spacial score (nSPS) is 6.50. The summed E-state index contributed by atoms with van der Waals surface area (Å²) in [7, 11) is 0. The van der Waals surface area contributed by atoms with E-state index in [2.05, 4.69) is 4.74 Å². The smallest absolute Gasteiger partial charge is 0.483 e. The summed E-state index contributed by atoms with van der Waals surface area (Å²) in [5, 5.41) is 18.1. The zero-order valence-electron chi connectivity index (χ0n) is 3.75. The first-order chi connectivity index (χ1) is 3.13. The first-order valence-electron chi connectivity index (χ1n) is 1.22. The molecule has 0 saturated carbocycles. The average molecular weight is 169 g/mol. The van der Waals surface area contributed by atoms with Crippen LogP contribution in [0, 0.1) is 0 Å². The minimum atomic E-state index is -2.12. The van der Waals surface area contributed by atoms with Gasteiger partial charge >= 0.3 is 19.5 Å². The van der Waals surface area contributed by atoms with Crippen LogP contribution < -0.4 is 10.2 Å². The van der Waals surface area contributed by atoms with Crippen molar-refractivity contribution in [1.29, 1.82) is 0 Å². The molecule has 0 aromatic rings. The minimum Gasteiger partial charge on any atom is -0.483 e. The number of carbonyl (C=O) groups is 2. The number of hydrogen-bond acceptors (Lipinski definition) is 5. The fourth-order valence-electron chi connectivity index (χ4n) is 0.0680. The molecule has 0 saturated heterocycles. The Bertz CT molecular complexity index is 86.6. The van der Waals surface area contributed by atoms with Gasteiger partial charge in [0.05, 0.1) is 0 Å². The maximum absolute atomic E-state index is 9.06. The Morgan fingerprint density at radius 2 is 1.38 bits per heavy atom. The first-order valence-corrected chi connectivity index (χ1v) is 1.22. The molecule has 8 heavy (non-hydrogen) atoms. The summed E-state index contributed by atoms with van der Waals surface area (Å²) in [6, 6.07) is 0. The molecular weight excluding hydrogens is 169 g/mol. The van der Waals surface area contributed by atoms with Crippen LogP contribution >= 0.6 is 0 Å². The number of hydrogen-bond donors (Lipinski definition) is 0. The molecule has 0 heterocycles. The summed E-state index contributed by atoms with van der Waals surface area (Å²) in [5.74, 6) is 0. The second kappa shape index (κ2) is 4.52. The molecule has 0 spiro atoms. The largest absolute Gasteiger partial charge is 2.00 e. The molecule has 0 amide bonds. The molecule has 6 heteroatoms. The van der Waals surface area contributed by atoms with E-state index in [0.717, 1.165) is 0 Å². The minimum absolute atomic E-state index is 0. The molecule has 0 aliphatic rings. The zero-order chi connectivity index (χ0) is 5.86. The van der Waals surface area contributed by atoms with Crippen molar-refractivity contribution in [1.82, 2.24) is 0 Å². The van der Waals surface area contributed by atoms with Crippen molar-refractivity contribution < 1.29 is 44.0 Å². The van der Waals surface area contributed by atoms with E-state index in [9.17, 15) is 0 Å². The summed E-state index contributed by atoms with van der Waals surface area (Å²) >= 11 is 0. The molecular formula is C2O5Zn. The third kappa shape index (κ3) is 9.03. The Balaban J connectivity index is 0. The van der Waals surface area contributed by atoms with Gasteiger partial charge in [-0.3, -0.25) is 0 Å². The molecule has 0 unspecified atom stereocenters. The van der Waals surface area contributed by atoms with Gasteiger partial charge in [-0.05, 0) is 0 Å². The van der Waals surface area contributed by atoms with Crippen molar-refractivity contribution in [2.24, 2.45) is 0 Å². The Labute approximate surface area is 57.0 Å². The van der Waals surface area contributed by atoms with Crippen LogP contribution in [0.25, 0.3) is 0 Å². The van der Waals surface area contributed by atoms with E-state index in [1.807, 2.05) is 0 Å². The van der Waals surface area contributed by atoms with Crippen LogP contribution in [0.5, 0.6) is 0 Å². The van der Waals surface area contributed by atoms with E-state index in [1.54, 1.807) is 0 Å². The summed E-state index contributed by atoms with van der Waals surface area (Å²) < 4.78 is 2.86. The van der Waals surface area contributed by atoms with Gasteiger partial charge in [-0.25, -0.2) is 0 Å². The number of rotatable bonds is 0. The maximum Gasteiger partial charge on any atom is 2.00 e. The van der Waals surface area contributed by atoms with Gasteiger partial charge in [0.2, 0.25) is 0 Å². The van der Waals surface area contributed by atoms with Gasteiger partial charge in [0.25, 0.3) is 12.3 Å². The van der Waals surface area contributed by atoms with Crippen LogP contribution in [-0.4, -0.2) is 12.3 Å². The van der Waals surface area contributed by atoms with E-state index < -0.39 is 12.3 Å². The van der Waals surface area contributed by atoms with E-state index >= 15 is 0 Å². The van der Waals surface area contributed by atoms with E-state index in [1.165, 1.54) is 0 Å². The van der Waals surface area contributed by atoms with Crippen LogP contribution in [0.15, 0.2) is 0 Å². The van der Waals surface area contributed by atoms with Crippen LogP contribution in [0.1, 0.15) is 0 Å². The molecule has 0 radical (unpaired) electrons. The maximum atomic E-state index is 9.06. The van der Waals surface area contributed by atoms with Gasteiger partial charge in [-0.15, -0.1) is 0 Å². The Hall–Kier alpha value is -0.637.